The van der Waals surface area contributed by atoms with E-state index in [0.29, 0.717) is 0 Å². The van der Waals surface area contributed by atoms with E-state index in [1.54, 1.807) is 13.8 Å². The second-order valence-corrected chi connectivity index (χ2v) is 4.35. The highest BCUT2D eigenvalue weighted by molar-refractivity contribution is 5.77. The predicted octanol–water partition coefficient (Wildman–Crippen LogP) is 0.225. The van der Waals surface area contributed by atoms with Crippen LogP contribution in [0.25, 0.3) is 0 Å². The summed E-state index contributed by atoms with van der Waals surface area (Å²) in [5, 5.41) is 21.0. The molecule has 90 valence electrons. The number of hydrogen-bond donors (Lipinski definition) is 3. The number of carbonyl (C=O) groups is 1. The number of carboxylic acids is 1. The highest BCUT2D eigenvalue weighted by Crippen LogP contribution is 2.01. The Morgan fingerprint density at radius 2 is 2.00 bits per heavy atom. The summed E-state index contributed by atoms with van der Waals surface area (Å²) in [7, 11) is 0. The number of ether oxygens (including phenoxy) is 1. The molecule has 0 aromatic heterocycles. The molecule has 0 aromatic rings. The Hall–Kier alpha value is -0.650. The van der Waals surface area contributed by atoms with E-state index in [0.717, 1.165) is 0 Å². The molecule has 0 aliphatic heterocycles. The lowest BCUT2D eigenvalue weighted by atomic mass is 10.1. The molecule has 5 nitrogen and oxygen atoms in total. The third-order valence-electron chi connectivity index (χ3n) is 1.94. The van der Waals surface area contributed by atoms with Gasteiger partial charge in [0.2, 0.25) is 0 Å². The Morgan fingerprint density at radius 3 is 2.40 bits per heavy atom. The number of aliphatic carboxylic acids is 1. The second kappa shape index (κ2) is 6.05. The lowest BCUT2D eigenvalue weighted by Crippen LogP contribution is -2.50. The third-order valence-corrected chi connectivity index (χ3v) is 1.94. The van der Waals surface area contributed by atoms with E-state index in [1.165, 1.54) is 0 Å². The van der Waals surface area contributed by atoms with Crippen LogP contribution in [0.5, 0.6) is 0 Å². The number of hydrogen-bond acceptors (Lipinski definition) is 4. The molecule has 1 atom stereocenters. The van der Waals surface area contributed by atoms with Gasteiger partial charge in [-0.15, -0.1) is 0 Å². The normalized spacial score (nSPS) is 14.3. The molecule has 15 heavy (non-hydrogen) atoms. The number of aliphatic hydroxyl groups excluding tert-OH is 1. The van der Waals surface area contributed by atoms with Crippen LogP contribution in [0.2, 0.25) is 0 Å². The minimum Gasteiger partial charge on any atom is -0.480 e. The topological polar surface area (TPSA) is 78.8 Å². The number of carboxylic acid groups (broad SMARTS) is 1. The maximum atomic E-state index is 10.7. The summed E-state index contributed by atoms with van der Waals surface area (Å²) in [6.45, 7) is 7.26. The van der Waals surface area contributed by atoms with Crippen molar-refractivity contribution in [3.05, 3.63) is 0 Å². The van der Waals surface area contributed by atoms with E-state index in [9.17, 15) is 9.90 Å². The first-order valence-corrected chi connectivity index (χ1v) is 5.04. The van der Waals surface area contributed by atoms with Crippen LogP contribution in [0.4, 0.5) is 0 Å². The van der Waals surface area contributed by atoms with Crippen molar-refractivity contribution in [3.8, 4) is 0 Å². The minimum atomic E-state index is -1.03. The van der Waals surface area contributed by atoms with Gasteiger partial charge >= 0.3 is 5.97 Å². The van der Waals surface area contributed by atoms with Crippen molar-refractivity contribution in [3.63, 3.8) is 0 Å². The Labute approximate surface area is 90.4 Å². The van der Waals surface area contributed by atoms with E-state index >= 15 is 0 Å². The zero-order valence-electron chi connectivity index (χ0n) is 9.78. The van der Waals surface area contributed by atoms with Gasteiger partial charge in [0, 0.05) is 6.54 Å². The van der Waals surface area contributed by atoms with Crippen LogP contribution in [-0.4, -0.2) is 47.1 Å². The number of β-amino-alcohol motifs (C(OH)–C–C–N with tert-alkyl or cyclic N) is 1. The summed E-state index contributed by atoms with van der Waals surface area (Å²) in [5.41, 5.74) is -1.03. The lowest BCUT2D eigenvalue weighted by molar-refractivity contribution is -0.143. The van der Waals surface area contributed by atoms with E-state index in [4.69, 9.17) is 9.84 Å². The van der Waals surface area contributed by atoms with Crippen LogP contribution in [-0.2, 0) is 9.53 Å². The van der Waals surface area contributed by atoms with Gasteiger partial charge in [-0.1, -0.05) is 0 Å². The predicted molar refractivity (Wildman–Crippen MR) is 56.8 cm³/mol. The Bertz CT molecular complexity index is 204. The minimum absolute atomic E-state index is 0.0622. The summed E-state index contributed by atoms with van der Waals surface area (Å²) in [5.74, 6) is -0.945. The summed E-state index contributed by atoms with van der Waals surface area (Å²) < 4.78 is 5.19. The Kier molecular flexibility index (Phi) is 5.79. The van der Waals surface area contributed by atoms with Gasteiger partial charge in [0.05, 0.1) is 18.8 Å². The fraction of sp³-hybridized carbons (Fsp3) is 0.900. The molecule has 0 aromatic carbocycles. The van der Waals surface area contributed by atoms with Crippen molar-refractivity contribution in [2.75, 3.05) is 13.2 Å². The Morgan fingerprint density at radius 1 is 1.47 bits per heavy atom. The van der Waals surface area contributed by atoms with E-state index in [-0.39, 0.29) is 19.3 Å². The smallest absolute Gasteiger partial charge is 0.323 e. The van der Waals surface area contributed by atoms with E-state index < -0.39 is 17.6 Å². The largest absolute Gasteiger partial charge is 0.480 e. The molecule has 0 bridgehead atoms. The van der Waals surface area contributed by atoms with Crippen LogP contribution >= 0.6 is 0 Å². The highest BCUT2D eigenvalue weighted by Gasteiger charge is 2.26. The molecule has 0 aliphatic carbocycles. The molecule has 0 amide bonds. The van der Waals surface area contributed by atoms with Gasteiger partial charge < -0.3 is 14.9 Å². The molecule has 3 N–H and O–H groups in total. The van der Waals surface area contributed by atoms with Crippen LogP contribution in [0.3, 0.4) is 0 Å². The zero-order chi connectivity index (χ0) is 12.1. The van der Waals surface area contributed by atoms with Crippen LogP contribution in [0, 0.1) is 0 Å². The van der Waals surface area contributed by atoms with Crippen molar-refractivity contribution < 1.29 is 19.7 Å². The second-order valence-electron chi connectivity index (χ2n) is 4.35. The number of rotatable bonds is 7. The molecule has 0 spiro atoms. The first-order valence-electron chi connectivity index (χ1n) is 5.04. The number of nitrogens with one attached hydrogen (secondary N) is 1. The maximum absolute atomic E-state index is 10.7. The molecule has 1 unspecified atom stereocenters. The standard InChI is InChI=1S/C10H21NO4/c1-7(2)15-6-8(12)5-11-10(3,4)9(13)14/h7-8,11-12H,5-6H2,1-4H3,(H,13,14). The van der Waals surface area contributed by atoms with Gasteiger partial charge in [-0.05, 0) is 27.7 Å². The highest BCUT2D eigenvalue weighted by atomic mass is 16.5. The summed E-state index contributed by atoms with van der Waals surface area (Å²) >= 11 is 0. The van der Waals surface area contributed by atoms with E-state index in [2.05, 4.69) is 5.32 Å². The molecule has 0 radical (unpaired) electrons. The molecule has 0 fully saturated rings. The first kappa shape index (κ1) is 14.3. The van der Waals surface area contributed by atoms with Crippen molar-refractivity contribution >= 4 is 5.97 Å². The molecule has 0 saturated carbocycles. The SMILES string of the molecule is CC(C)OCC(O)CNC(C)(C)C(=O)O. The van der Waals surface area contributed by atoms with Gasteiger partial charge in [0.15, 0.2) is 0 Å². The van der Waals surface area contributed by atoms with Gasteiger partial charge in [-0.25, -0.2) is 0 Å². The summed E-state index contributed by atoms with van der Waals surface area (Å²) in [6, 6.07) is 0. The average molecular weight is 219 g/mol. The van der Waals surface area contributed by atoms with Gasteiger partial charge in [-0.2, -0.15) is 0 Å². The van der Waals surface area contributed by atoms with Crippen LogP contribution in [0.1, 0.15) is 27.7 Å². The van der Waals surface area contributed by atoms with Crippen LogP contribution in [0.15, 0.2) is 0 Å². The average Bonchev–Trinajstić information content (AvgIpc) is 2.11. The lowest BCUT2D eigenvalue weighted by Gasteiger charge is -2.23. The molecule has 0 rings (SSSR count). The van der Waals surface area contributed by atoms with Crippen LogP contribution < -0.4 is 5.32 Å². The molecular formula is C10H21NO4. The summed E-state index contributed by atoms with van der Waals surface area (Å²) in [4.78, 5) is 10.7. The fourth-order valence-corrected chi connectivity index (χ4v) is 0.811. The van der Waals surface area contributed by atoms with Crippen molar-refractivity contribution in [1.82, 2.24) is 5.32 Å². The monoisotopic (exact) mass is 219 g/mol. The molecule has 0 aliphatic rings. The van der Waals surface area contributed by atoms with Gasteiger partial charge in [-0.3, -0.25) is 10.1 Å². The van der Waals surface area contributed by atoms with Crippen molar-refractivity contribution in [1.29, 1.82) is 0 Å². The van der Waals surface area contributed by atoms with Gasteiger partial charge in [0.25, 0.3) is 0 Å². The zero-order valence-corrected chi connectivity index (χ0v) is 9.78. The fourth-order valence-electron chi connectivity index (χ4n) is 0.811. The maximum Gasteiger partial charge on any atom is 0.323 e. The van der Waals surface area contributed by atoms with Crippen molar-refractivity contribution in [2.45, 2.75) is 45.4 Å². The molecule has 0 saturated heterocycles. The quantitative estimate of drug-likeness (QED) is 0.571. The first-order chi connectivity index (χ1) is 6.75. The third kappa shape index (κ3) is 6.43. The van der Waals surface area contributed by atoms with Gasteiger partial charge in [0.1, 0.15) is 5.54 Å². The van der Waals surface area contributed by atoms with Crippen molar-refractivity contribution in [2.24, 2.45) is 0 Å². The molecule has 5 heteroatoms. The molecule has 0 heterocycles. The number of aliphatic hydroxyl groups is 1. The summed E-state index contributed by atoms with van der Waals surface area (Å²) in [6.07, 6.45) is -0.627. The Balaban J connectivity index is 3.80. The van der Waals surface area contributed by atoms with E-state index in [1.807, 2.05) is 13.8 Å². The molecular weight excluding hydrogens is 198 g/mol.